The lowest BCUT2D eigenvalue weighted by Crippen LogP contribution is -2.32. The summed E-state index contributed by atoms with van der Waals surface area (Å²) in [5.41, 5.74) is 2.62. The van der Waals surface area contributed by atoms with Crippen LogP contribution in [0.4, 0.5) is 5.13 Å². The maximum atomic E-state index is 13.3. The van der Waals surface area contributed by atoms with Gasteiger partial charge < -0.3 is 5.11 Å². The summed E-state index contributed by atoms with van der Waals surface area (Å²) >= 11 is 7.51. The van der Waals surface area contributed by atoms with Crippen molar-refractivity contribution in [2.75, 3.05) is 4.90 Å². The number of fused-ring (bicyclic) bond motifs is 1. The first-order valence-corrected chi connectivity index (χ1v) is 10.3. The lowest BCUT2D eigenvalue weighted by atomic mass is 10.2. The maximum absolute atomic E-state index is 13.3. The Labute approximate surface area is 181 Å². The van der Waals surface area contributed by atoms with Gasteiger partial charge in [0.25, 0.3) is 5.91 Å². The fraction of sp³-hybridized carbons (Fsp3) is 0. The standard InChI is InChI=1S/C23H14ClN3O2S/c24-16-8-11-20-18(13-16)26-23(30-20)27-21(15-4-2-1-3-5-15)25-19(22(27)29)12-14-6-9-17(28)10-7-14/h1-13,28H. The molecule has 1 amide bonds. The van der Waals surface area contributed by atoms with Crippen LogP contribution < -0.4 is 4.90 Å². The van der Waals surface area contributed by atoms with Gasteiger partial charge in [-0.25, -0.2) is 14.9 Å². The molecule has 0 spiro atoms. The van der Waals surface area contributed by atoms with E-state index in [1.807, 2.05) is 36.4 Å². The summed E-state index contributed by atoms with van der Waals surface area (Å²) in [7, 11) is 0. The highest BCUT2D eigenvalue weighted by Gasteiger charge is 2.34. The zero-order chi connectivity index (χ0) is 20.7. The molecule has 1 aromatic heterocycles. The van der Waals surface area contributed by atoms with Gasteiger partial charge in [0.15, 0.2) is 5.13 Å². The Bertz CT molecular complexity index is 1330. The predicted octanol–water partition coefficient (Wildman–Crippen LogP) is 5.49. The molecule has 7 heteroatoms. The van der Waals surface area contributed by atoms with E-state index in [0.29, 0.717) is 21.7 Å². The van der Waals surface area contributed by atoms with Crippen molar-refractivity contribution < 1.29 is 9.90 Å². The lowest BCUT2D eigenvalue weighted by molar-refractivity contribution is -0.113. The molecule has 5 rings (SSSR count). The Morgan fingerprint density at radius 3 is 2.53 bits per heavy atom. The number of amides is 1. The molecule has 4 aromatic rings. The lowest BCUT2D eigenvalue weighted by Gasteiger charge is -2.14. The van der Waals surface area contributed by atoms with Crippen LogP contribution in [0, 0.1) is 0 Å². The Balaban J connectivity index is 1.63. The molecule has 0 bridgehead atoms. The van der Waals surface area contributed by atoms with E-state index in [-0.39, 0.29) is 11.7 Å². The van der Waals surface area contributed by atoms with Crippen molar-refractivity contribution in [2.24, 2.45) is 4.99 Å². The molecule has 3 aromatic carbocycles. The number of carbonyl (C=O) groups excluding carboxylic acids is 1. The number of aliphatic imine (C=N–C) groups is 1. The SMILES string of the molecule is O=C1C(=Cc2ccc(O)cc2)N=C(c2ccccc2)N1c1nc2cc(Cl)ccc2s1. The summed E-state index contributed by atoms with van der Waals surface area (Å²) in [6.45, 7) is 0. The van der Waals surface area contributed by atoms with Crippen molar-refractivity contribution in [1.29, 1.82) is 0 Å². The number of halogens is 1. The van der Waals surface area contributed by atoms with Crippen LogP contribution in [0.3, 0.4) is 0 Å². The Kier molecular flexibility index (Phi) is 4.58. The third-order valence-corrected chi connectivity index (χ3v) is 5.88. The van der Waals surface area contributed by atoms with Crippen molar-refractivity contribution in [3.8, 4) is 5.75 Å². The second-order valence-corrected chi connectivity index (χ2v) is 8.12. The van der Waals surface area contributed by atoms with Crippen LogP contribution in [0.2, 0.25) is 5.02 Å². The molecule has 0 saturated carbocycles. The number of benzene rings is 3. The van der Waals surface area contributed by atoms with E-state index in [9.17, 15) is 9.90 Å². The second-order valence-electron chi connectivity index (χ2n) is 6.67. The molecule has 146 valence electrons. The number of thiazole rings is 1. The van der Waals surface area contributed by atoms with Gasteiger partial charge in [-0.3, -0.25) is 4.79 Å². The third-order valence-electron chi connectivity index (χ3n) is 4.62. The van der Waals surface area contributed by atoms with Crippen LogP contribution in [-0.2, 0) is 4.79 Å². The third kappa shape index (κ3) is 3.36. The van der Waals surface area contributed by atoms with Crippen LogP contribution in [0.1, 0.15) is 11.1 Å². The topological polar surface area (TPSA) is 65.8 Å². The van der Waals surface area contributed by atoms with Gasteiger partial charge in [0.2, 0.25) is 0 Å². The van der Waals surface area contributed by atoms with Crippen molar-refractivity contribution in [3.05, 3.63) is 94.6 Å². The zero-order valence-electron chi connectivity index (χ0n) is 15.5. The predicted molar refractivity (Wildman–Crippen MR) is 121 cm³/mol. The number of amidine groups is 1. The zero-order valence-corrected chi connectivity index (χ0v) is 17.1. The van der Waals surface area contributed by atoms with E-state index in [1.54, 1.807) is 47.4 Å². The van der Waals surface area contributed by atoms with E-state index in [2.05, 4.69) is 9.98 Å². The van der Waals surface area contributed by atoms with Crippen molar-refractivity contribution in [1.82, 2.24) is 4.98 Å². The smallest absolute Gasteiger partial charge is 0.284 e. The summed E-state index contributed by atoms with van der Waals surface area (Å²) in [5, 5.41) is 10.6. The normalized spacial score (nSPS) is 15.2. The van der Waals surface area contributed by atoms with E-state index < -0.39 is 0 Å². The molecule has 0 unspecified atom stereocenters. The van der Waals surface area contributed by atoms with Crippen molar-refractivity contribution in [3.63, 3.8) is 0 Å². The van der Waals surface area contributed by atoms with Crippen LogP contribution in [-0.4, -0.2) is 21.8 Å². The molecule has 0 atom stereocenters. The van der Waals surface area contributed by atoms with Gasteiger partial charge in [0.05, 0.1) is 10.2 Å². The van der Waals surface area contributed by atoms with Gasteiger partial charge in [-0.2, -0.15) is 0 Å². The van der Waals surface area contributed by atoms with E-state index >= 15 is 0 Å². The number of aromatic hydroxyl groups is 1. The number of phenols is 1. The van der Waals surface area contributed by atoms with Crippen LogP contribution in [0.25, 0.3) is 16.3 Å². The van der Waals surface area contributed by atoms with E-state index in [0.717, 1.165) is 21.3 Å². The Morgan fingerprint density at radius 1 is 1.00 bits per heavy atom. The largest absolute Gasteiger partial charge is 0.508 e. The molecule has 0 aliphatic carbocycles. The van der Waals surface area contributed by atoms with Gasteiger partial charge in [-0.1, -0.05) is 65.4 Å². The average molecular weight is 432 g/mol. The molecule has 2 heterocycles. The first-order chi connectivity index (χ1) is 14.6. The monoisotopic (exact) mass is 431 g/mol. The van der Waals surface area contributed by atoms with Gasteiger partial charge >= 0.3 is 0 Å². The molecule has 1 aliphatic rings. The second kappa shape index (κ2) is 7.40. The summed E-state index contributed by atoms with van der Waals surface area (Å²) in [5.74, 6) is 0.431. The average Bonchev–Trinajstić information content (AvgIpc) is 3.30. The van der Waals surface area contributed by atoms with Gasteiger partial charge in [-0.05, 0) is 42.0 Å². The summed E-state index contributed by atoms with van der Waals surface area (Å²) in [6, 6.07) is 21.6. The molecule has 0 saturated heterocycles. The van der Waals surface area contributed by atoms with Crippen molar-refractivity contribution in [2.45, 2.75) is 0 Å². The minimum Gasteiger partial charge on any atom is -0.508 e. The Hall–Kier alpha value is -3.48. The molecule has 1 aliphatic heterocycles. The molecular formula is C23H14ClN3O2S. The van der Waals surface area contributed by atoms with Gasteiger partial charge in [0, 0.05) is 10.6 Å². The fourth-order valence-electron chi connectivity index (χ4n) is 3.19. The highest BCUT2D eigenvalue weighted by atomic mass is 35.5. The maximum Gasteiger partial charge on any atom is 0.284 e. The van der Waals surface area contributed by atoms with E-state index in [1.165, 1.54) is 11.3 Å². The first kappa shape index (κ1) is 18.5. The Morgan fingerprint density at radius 2 is 1.77 bits per heavy atom. The van der Waals surface area contributed by atoms with Crippen LogP contribution >= 0.6 is 22.9 Å². The minimum absolute atomic E-state index is 0.165. The molecule has 1 N–H and O–H groups in total. The van der Waals surface area contributed by atoms with Crippen molar-refractivity contribution >= 4 is 56.1 Å². The van der Waals surface area contributed by atoms with Gasteiger partial charge in [-0.15, -0.1) is 0 Å². The number of anilines is 1. The number of hydrogen-bond acceptors (Lipinski definition) is 5. The first-order valence-electron chi connectivity index (χ1n) is 9.14. The van der Waals surface area contributed by atoms with Crippen LogP contribution in [0.5, 0.6) is 5.75 Å². The minimum atomic E-state index is -0.257. The van der Waals surface area contributed by atoms with E-state index in [4.69, 9.17) is 11.6 Å². The number of hydrogen-bond donors (Lipinski definition) is 1. The number of rotatable bonds is 3. The summed E-state index contributed by atoms with van der Waals surface area (Å²) in [4.78, 5) is 24.1. The summed E-state index contributed by atoms with van der Waals surface area (Å²) in [6.07, 6.45) is 1.70. The quantitative estimate of drug-likeness (QED) is 0.436. The van der Waals surface area contributed by atoms with Gasteiger partial charge in [0.1, 0.15) is 17.3 Å². The molecule has 0 fully saturated rings. The molecule has 5 nitrogen and oxygen atoms in total. The molecule has 30 heavy (non-hydrogen) atoms. The number of carbonyl (C=O) groups is 1. The van der Waals surface area contributed by atoms with Crippen LogP contribution in [0.15, 0.2) is 83.5 Å². The number of nitrogens with zero attached hydrogens (tertiary/aromatic N) is 3. The summed E-state index contributed by atoms with van der Waals surface area (Å²) < 4.78 is 0.936. The highest BCUT2D eigenvalue weighted by molar-refractivity contribution is 7.22. The molecular weight excluding hydrogens is 418 g/mol. The fourth-order valence-corrected chi connectivity index (χ4v) is 4.30. The molecule has 0 radical (unpaired) electrons. The number of phenolic OH excluding ortho intramolecular Hbond substituents is 1. The number of aromatic nitrogens is 1. The highest BCUT2D eigenvalue weighted by Crippen LogP contribution is 2.35.